The second-order valence-corrected chi connectivity index (χ2v) is 8.56. The SMILES string of the molecule is CCN(CC)CCN(C(=O)c1ccc([N+](=O)[O-])s1)c1nc2c(OC)ccc(OC)c2s1. The summed E-state index contributed by atoms with van der Waals surface area (Å²) in [6, 6.07) is 6.41. The van der Waals surface area contributed by atoms with Gasteiger partial charge in [0.05, 0.1) is 24.0 Å². The van der Waals surface area contributed by atoms with Crippen LogP contribution in [0.5, 0.6) is 11.5 Å². The van der Waals surface area contributed by atoms with Gasteiger partial charge in [-0.15, -0.1) is 0 Å². The topological polar surface area (TPSA) is 98.0 Å². The molecule has 0 aliphatic carbocycles. The Bertz CT molecular complexity index is 1040. The summed E-state index contributed by atoms with van der Waals surface area (Å²) in [5.41, 5.74) is 0.611. The maximum Gasteiger partial charge on any atom is 0.324 e. The first kappa shape index (κ1) is 22.9. The van der Waals surface area contributed by atoms with Crippen LogP contribution in [0.2, 0.25) is 0 Å². The Morgan fingerprint density at radius 1 is 1.06 bits per heavy atom. The molecule has 31 heavy (non-hydrogen) atoms. The molecule has 3 aromatic rings. The van der Waals surface area contributed by atoms with E-state index < -0.39 is 4.92 Å². The van der Waals surface area contributed by atoms with E-state index in [2.05, 4.69) is 23.7 Å². The molecule has 2 heterocycles. The molecule has 0 atom stereocenters. The fraction of sp³-hybridized carbons (Fsp3) is 0.400. The fourth-order valence-corrected chi connectivity index (χ4v) is 5.00. The number of carbonyl (C=O) groups is 1. The summed E-state index contributed by atoms with van der Waals surface area (Å²) in [7, 11) is 3.14. The minimum absolute atomic E-state index is 0.0697. The summed E-state index contributed by atoms with van der Waals surface area (Å²) >= 11 is 2.19. The van der Waals surface area contributed by atoms with Crippen molar-refractivity contribution in [3.05, 3.63) is 39.3 Å². The summed E-state index contributed by atoms with van der Waals surface area (Å²) in [5, 5.41) is 11.5. The number of hydrogen-bond acceptors (Lipinski definition) is 9. The van der Waals surface area contributed by atoms with Crippen LogP contribution in [0.25, 0.3) is 10.2 Å². The highest BCUT2D eigenvalue weighted by molar-refractivity contribution is 7.23. The van der Waals surface area contributed by atoms with Crippen LogP contribution >= 0.6 is 22.7 Å². The molecule has 0 unspecified atom stereocenters. The maximum atomic E-state index is 13.4. The zero-order valence-corrected chi connectivity index (χ0v) is 19.4. The molecule has 0 saturated heterocycles. The average molecular weight is 465 g/mol. The summed E-state index contributed by atoms with van der Waals surface area (Å²) < 4.78 is 11.7. The molecule has 0 saturated carbocycles. The van der Waals surface area contributed by atoms with Crippen LogP contribution in [0.3, 0.4) is 0 Å². The van der Waals surface area contributed by atoms with Gasteiger partial charge in [0.15, 0.2) is 5.13 Å². The summed E-state index contributed by atoms with van der Waals surface area (Å²) in [4.78, 5) is 32.7. The van der Waals surface area contributed by atoms with Gasteiger partial charge < -0.3 is 14.4 Å². The molecule has 0 radical (unpaired) electrons. The third-order valence-corrected chi connectivity index (χ3v) is 7.01. The number of thiazole rings is 1. The molecule has 1 amide bonds. The maximum absolute atomic E-state index is 13.4. The summed E-state index contributed by atoms with van der Waals surface area (Å²) in [5.74, 6) is 0.908. The highest BCUT2D eigenvalue weighted by atomic mass is 32.1. The third kappa shape index (κ3) is 4.78. The molecular weight excluding hydrogens is 440 g/mol. The zero-order chi connectivity index (χ0) is 22.5. The number of thiophene rings is 1. The van der Waals surface area contributed by atoms with Crippen LogP contribution in [0, 0.1) is 10.1 Å². The number of nitrogens with zero attached hydrogens (tertiary/aromatic N) is 4. The smallest absolute Gasteiger partial charge is 0.324 e. The lowest BCUT2D eigenvalue weighted by Crippen LogP contribution is -2.38. The van der Waals surface area contributed by atoms with E-state index in [-0.39, 0.29) is 10.9 Å². The molecule has 11 heteroatoms. The second kappa shape index (κ2) is 10.0. The Morgan fingerprint density at radius 2 is 1.74 bits per heavy atom. The van der Waals surface area contributed by atoms with Crippen molar-refractivity contribution in [3.8, 4) is 11.5 Å². The predicted octanol–water partition coefficient (Wildman–Crippen LogP) is 4.27. The molecule has 0 aliphatic heterocycles. The van der Waals surface area contributed by atoms with E-state index in [1.807, 2.05) is 0 Å². The quantitative estimate of drug-likeness (QED) is 0.326. The van der Waals surface area contributed by atoms with Crippen LogP contribution in [0.4, 0.5) is 10.1 Å². The molecule has 0 spiro atoms. The largest absolute Gasteiger partial charge is 0.495 e. The lowest BCUT2D eigenvalue weighted by molar-refractivity contribution is -0.380. The van der Waals surface area contributed by atoms with Crippen LogP contribution in [0.15, 0.2) is 24.3 Å². The number of nitro groups is 1. The number of benzene rings is 1. The molecule has 0 aliphatic rings. The molecule has 2 aromatic heterocycles. The molecule has 166 valence electrons. The van der Waals surface area contributed by atoms with Crippen molar-refractivity contribution in [2.24, 2.45) is 0 Å². The standard InChI is InChI=1S/C20H24N4O5S2/c1-5-22(6-2)11-12-23(19(25)15-9-10-16(30-15)24(26)27)20-21-17-13(28-3)7-8-14(29-4)18(17)31-20/h7-10H,5-6,11-12H2,1-4H3. The highest BCUT2D eigenvalue weighted by Gasteiger charge is 2.26. The number of amides is 1. The molecule has 0 fully saturated rings. The van der Waals surface area contributed by atoms with Gasteiger partial charge in [0.1, 0.15) is 21.7 Å². The van der Waals surface area contributed by atoms with Crippen molar-refractivity contribution in [3.63, 3.8) is 0 Å². The molecule has 9 nitrogen and oxygen atoms in total. The molecule has 0 bridgehead atoms. The summed E-state index contributed by atoms with van der Waals surface area (Å²) in [6.45, 7) is 6.87. The fourth-order valence-electron chi connectivity index (χ4n) is 3.13. The third-order valence-electron chi connectivity index (χ3n) is 4.89. The average Bonchev–Trinajstić information content (AvgIpc) is 3.43. The van der Waals surface area contributed by atoms with Gasteiger partial charge >= 0.3 is 5.00 Å². The van der Waals surface area contributed by atoms with Gasteiger partial charge in [0.25, 0.3) is 5.91 Å². The number of carbonyl (C=O) groups excluding carboxylic acids is 1. The number of anilines is 1. The number of likely N-dealkylation sites (N-methyl/N-ethyl adjacent to an activating group) is 1. The number of aromatic nitrogens is 1. The molecule has 3 rings (SSSR count). The molecule has 1 aromatic carbocycles. The number of rotatable bonds is 10. The Morgan fingerprint density at radius 3 is 2.32 bits per heavy atom. The predicted molar refractivity (Wildman–Crippen MR) is 123 cm³/mol. The second-order valence-electron chi connectivity index (χ2n) is 6.52. The molecule has 0 N–H and O–H groups in total. The normalized spacial score (nSPS) is 11.1. The molecular formula is C20H24N4O5S2. The van der Waals surface area contributed by atoms with Crippen molar-refractivity contribution < 1.29 is 19.2 Å². The van der Waals surface area contributed by atoms with Gasteiger partial charge in [-0.2, -0.15) is 0 Å². The van der Waals surface area contributed by atoms with E-state index in [0.717, 1.165) is 29.1 Å². The van der Waals surface area contributed by atoms with Crippen LogP contribution in [0.1, 0.15) is 23.5 Å². The van der Waals surface area contributed by atoms with Crippen LogP contribution < -0.4 is 14.4 Å². The van der Waals surface area contributed by atoms with Crippen molar-refractivity contribution >= 4 is 48.9 Å². The minimum Gasteiger partial charge on any atom is -0.495 e. The van der Waals surface area contributed by atoms with E-state index in [9.17, 15) is 14.9 Å². The van der Waals surface area contributed by atoms with Crippen molar-refractivity contribution in [2.75, 3.05) is 45.3 Å². The lowest BCUT2D eigenvalue weighted by Gasteiger charge is -2.24. The van der Waals surface area contributed by atoms with Crippen molar-refractivity contribution in [1.29, 1.82) is 0 Å². The zero-order valence-electron chi connectivity index (χ0n) is 17.8. The number of ether oxygens (including phenoxy) is 2. The number of methoxy groups -OCH3 is 2. The monoisotopic (exact) mass is 464 g/mol. The van der Waals surface area contributed by atoms with Gasteiger partial charge in [0.2, 0.25) is 0 Å². The Labute approximate surface area is 188 Å². The van der Waals surface area contributed by atoms with Gasteiger partial charge in [-0.05, 0) is 31.3 Å². The van der Waals surface area contributed by atoms with E-state index in [1.165, 1.54) is 23.5 Å². The first-order chi connectivity index (χ1) is 14.9. The number of fused-ring (bicyclic) bond motifs is 1. The van der Waals surface area contributed by atoms with Crippen molar-refractivity contribution in [1.82, 2.24) is 9.88 Å². The van der Waals surface area contributed by atoms with Crippen LogP contribution in [-0.4, -0.2) is 61.1 Å². The first-order valence-electron chi connectivity index (χ1n) is 9.73. The summed E-state index contributed by atoms with van der Waals surface area (Å²) in [6.07, 6.45) is 0. The van der Waals surface area contributed by atoms with Crippen LogP contribution in [-0.2, 0) is 0 Å². The Kier molecular flexibility index (Phi) is 7.42. The van der Waals surface area contributed by atoms with E-state index in [4.69, 9.17) is 9.47 Å². The Hall–Kier alpha value is -2.76. The van der Waals surface area contributed by atoms with E-state index >= 15 is 0 Å². The van der Waals surface area contributed by atoms with Crippen molar-refractivity contribution in [2.45, 2.75) is 13.8 Å². The van der Waals surface area contributed by atoms with Gasteiger partial charge in [-0.25, -0.2) is 4.98 Å². The van der Waals surface area contributed by atoms with Gasteiger partial charge in [-0.3, -0.25) is 19.8 Å². The van der Waals surface area contributed by atoms with Gasteiger partial charge in [-0.1, -0.05) is 36.5 Å². The lowest BCUT2D eigenvalue weighted by atomic mass is 10.3. The first-order valence-corrected chi connectivity index (χ1v) is 11.4. The highest BCUT2D eigenvalue weighted by Crippen LogP contribution is 2.40. The number of hydrogen-bond donors (Lipinski definition) is 0. The van der Waals surface area contributed by atoms with E-state index in [1.54, 1.807) is 31.3 Å². The van der Waals surface area contributed by atoms with E-state index in [0.29, 0.717) is 40.1 Å². The Balaban J connectivity index is 2.04. The minimum atomic E-state index is -0.491. The van der Waals surface area contributed by atoms with Gasteiger partial charge in [0, 0.05) is 19.2 Å².